The third kappa shape index (κ3) is 2.86. The molecule has 1 rings (SSSR count). The molecule has 0 amide bonds. The first-order valence-corrected chi connectivity index (χ1v) is 4.88. The van der Waals surface area contributed by atoms with Crippen LogP contribution >= 0.6 is 0 Å². The van der Waals surface area contributed by atoms with Crippen LogP contribution in [0, 0.1) is 18.3 Å². The van der Waals surface area contributed by atoms with Gasteiger partial charge in [0.25, 0.3) is 0 Å². The number of nitriles is 1. The van der Waals surface area contributed by atoms with Crippen LogP contribution in [0.5, 0.6) is 0 Å². The van der Waals surface area contributed by atoms with E-state index in [1.807, 2.05) is 7.05 Å². The molecule has 0 spiro atoms. The van der Waals surface area contributed by atoms with Gasteiger partial charge in [-0.05, 0) is 26.0 Å². The zero-order valence-electron chi connectivity index (χ0n) is 8.75. The summed E-state index contributed by atoms with van der Waals surface area (Å²) in [6, 6.07) is 10.9. The van der Waals surface area contributed by atoms with Crippen molar-refractivity contribution in [2.24, 2.45) is 0 Å². The molecule has 0 saturated heterocycles. The fourth-order valence-corrected chi connectivity index (χ4v) is 1.57. The maximum absolute atomic E-state index is 8.53. The van der Waals surface area contributed by atoms with Gasteiger partial charge in [-0.3, -0.25) is 0 Å². The normalized spacial score (nSPS) is 12.1. The second-order valence-corrected chi connectivity index (χ2v) is 3.45. The summed E-state index contributed by atoms with van der Waals surface area (Å²) < 4.78 is 0. The molecular weight excluding hydrogens is 172 g/mol. The summed E-state index contributed by atoms with van der Waals surface area (Å²) in [5.41, 5.74) is 2.53. The molecule has 0 saturated carbocycles. The van der Waals surface area contributed by atoms with Crippen molar-refractivity contribution < 1.29 is 0 Å². The van der Waals surface area contributed by atoms with Crippen molar-refractivity contribution in [1.29, 1.82) is 5.26 Å². The van der Waals surface area contributed by atoms with Gasteiger partial charge in [0.05, 0.1) is 6.07 Å². The van der Waals surface area contributed by atoms with E-state index in [1.54, 1.807) is 0 Å². The van der Waals surface area contributed by atoms with Crippen molar-refractivity contribution >= 4 is 0 Å². The lowest BCUT2D eigenvalue weighted by Crippen LogP contribution is -2.16. The molecule has 0 heterocycles. The zero-order chi connectivity index (χ0) is 10.4. The van der Waals surface area contributed by atoms with Gasteiger partial charge in [0.15, 0.2) is 0 Å². The molecule has 1 atom stereocenters. The van der Waals surface area contributed by atoms with E-state index in [2.05, 4.69) is 42.6 Å². The minimum absolute atomic E-state index is 0.301. The van der Waals surface area contributed by atoms with Gasteiger partial charge in [-0.15, -0.1) is 0 Å². The Kier molecular flexibility index (Phi) is 4.15. The number of rotatable bonds is 4. The summed E-state index contributed by atoms with van der Waals surface area (Å²) in [6.45, 7) is 2.08. The standard InChI is InChI=1S/C12H16N2/c1-10-5-3-6-11(9-10)12(14-2)7-4-8-13/h3,5-6,9,12,14H,4,7H2,1-2H3. The molecule has 0 aliphatic carbocycles. The van der Waals surface area contributed by atoms with Gasteiger partial charge < -0.3 is 5.32 Å². The second kappa shape index (κ2) is 5.41. The highest BCUT2D eigenvalue weighted by molar-refractivity contribution is 5.25. The summed E-state index contributed by atoms with van der Waals surface area (Å²) in [7, 11) is 1.93. The Labute approximate surface area is 85.6 Å². The molecule has 1 aromatic rings. The largest absolute Gasteiger partial charge is 0.313 e. The molecule has 0 aromatic heterocycles. The predicted molar refractivity (Wildman–Crippen MR) is 57.8 cm³/mol. The molecule has 0 aliphatic heterocycles. The van der Waals surface area contributed by atoms with E-state index in [0.29, 0.717) is 12.5 Å². The van der Waals surface area contributed by atoms with Gasteiger partial charge in [-0.1, -0.05) is 29.8 Å². The minimum Gasteiger partial charge on any atom is -0.313 e. The molecule has 0 fully saturated rings. The van der Waals surface area contributed by atoms with Gasteiger partial charge in [-0.2, -0.15) is 5.26 Å². The highest BCUT2D eigenvalue weighted by Gasteiger charge is 2.07. The summed E-state index contributed by atoms with van der Waals surface area (Å²) >= 11 is 0. The van der Waals surface area contributed by atoms with E-state index in [4.69, 9.17) is 5.26 Å². The van der Waals surface area contributed by atoms with Crippen molar-refractivity contribution in [3.63, 3.8) is 0 Å². The van der Waals surface area contributed by atoms with E-state index in [9.17, 15) is 0 Å². The number of aryl methyl sites for hydroxylation is 1. The fraction of sp³-hybridized carbons (Fsp3) is 0.417. The monoisotopic (exact) mass is 188 g/mol. The first kappa shape index (κ1) is 10.7. The number of nitrogens with one attached hydrogen (secondary N) is 1. The highest BCUT2D eigenvalue weighted by atomic mass is 14.9. The molecule has 74 valence electrons. The van der Waals surface area contributed by atoms with Gasteiger partial charge in [0, 0.05) is 12.5 Å². The van der Waals surface area contributed by atoms with Gasteiger partial charge >= 0.3 is 0 Å². The van der Waals surface area contributed by atoms with E-state index in [-0.39, 0.29) is 0 Å². The number of benzene rings is 1. The number of hydrogen-bond acceptors (Lipinski definition) is 2. The second-order valence-electron chi connectivity index (χ2n) is 3.45. The first-order chi connectivity index (χ1) is 6.77. The summed E-state index contributed by atoms with van der Waals surface area (Å²) in [5, 5.41) is 11.8. The molecule has 14 heavy (non-hydrogen) atoms. The third-order valence-corrected chi connectivity index (χ3v) is 2.34. The van der Waals surface area contributed by atoms with E-state index in [1.165, 1.54) is 11.1 Å². The Bertz CT molecular complexity index is 325. The van der Waals surface area contributed by atoms with Crippen LogP contribution in [-0.4, -0.2) is 7.05 Å². The molecule has 2 heteroatoms. The van der Waals surface area contributed by atoms with Crippen molar-refractivity contribution in [2.75, 3.05) is 7.05 Å². The number of nitrogens with zero attached hydrogens (tertiary/aromatic N) is 1. The predicted octanol–water partition coefficient (Wildman–Crippen LogP) is 2.56. The van der Waals surface area contributed by atoms with Crippen LogP contribution < -0.4 is 5.32 Å². The maximum Gasteiger partial charge on any atom is 0.0622 e. The van der Waals surface area contributed by atoms with Gasteiger partial charge in [0.1, 0.15) is 0 Å². The molecule has 0 aliphatic rings. The van der Waals surface area contributed by atoms with Gasteiger partial charge in [-0.25, -0.2) is 0 Å². The van der Waals surface area contributed by atoms with E-state index in [0.717, 1.165) is 6.42 Å². The molecule has 2 nitrogen and oxygen atoms in total. The fourth-order valence-electron chi connectivity index (χ4n) is 1.57. The molecule has 1 aromatic carbocycles. The lowest BCUT2D eigenvalue weighted by molar-refractivity contribution is 0.557. The van der Waals surface area contributed by atoms with Crippen molar-refractivity contribution in [3.8, 4) is 6.07 Å². The summed E-state index contributed by atoms with van der Waals surface area (Å²) in [5.74, 6) is 0. The molecular formula is C12H16N2. The summed E-state index contributed by atoms with van der Waals surface area (Å²) in [6.07, 6.45) is 1.47. The minimum atomic E-state index is 0.301. The van der Waals surface area contributed by atoms with Crippen LogP contribution in [0.4, 0.5) is 0 Å². The Balaban J connectivity index is 2.74. The van der Waals surface area contributed by atoms with Crippen LogP contribution in [0.15, 0.2) is 24.3 Å². The van der Waals surface area contributed by atoms with Crippen LogP contribution in [0.2, 0.25) is 0 Å². The molecule has 0 bridgehead atoms. The van der Waals surface area contributed by atoms with Crippen molar-refractivity contribution in [3.05, 3.63) is 35.4 Å². The average molecular weight is 188 g/mol. The molecule has 1 unspecified atom stereocenters. The van der Waals surface area contributed by atoms with Crippen molar-refractivity contribution in [2.45, 2.75) is 25.8 Å². The van der Waals surface area contributed by atoms with Crippen LogP contribution in [0.3, 0.4) is 0 Å². The topological polar surface area (TPSA) is 35.8 Å². The Morgan fingerprint density at radius 1 is 1.50 bits per heavy atom. The average Bonchev–Trinajstić information content (AvgIpc) is 2.19. The highest BCUT2D eigenvalue weighted by Crippen LogP contribution is 2.18. The van der Waals surface area contributed by atoms with E-state index >= 15 is 0 Å². The lowest BCUT2D eigenvalue weighted by atomic mass is 10.0. The summed E-state index contributed by atoms with van der Waals surface area (Å²) in [4.78, 5) is 0. The SMILES string of the molecule is CNC(CCC#N)c1cccc(C)c1. The smallest absolute Gasteiger partial charge is 0.0622 e. The van der Waals surface area contributed by atoms with Crippen LogP contribution in [0.1, 0.15) is 30.0 Å². The molecule has 1 N–H and O–H groups in total. The lowest BCUT2D eigenvalue weighted by Gasteiger charge is -2.15. The first-order valence-electron chi connectivity index (χ1n) is 4.88. The molecule has 0 radical (unpaired) electrons. The quantitative estimate of drug-likeness (QED) is 0.788. The Hall–Kier alpha value is -1.33. The van der Waals surface area contributed by atoms with Crippen LogP contribution in [0.25, 0.3) is 0 Å². The van der Waals surface area contributed by atoms with Gasteiger partial charge in [0.2, 0.25) is 0 Å². The van der Waals surface area contributed by atoms with E-state index < -0.39 is 0 Å². The Morgan fingerprint density at radius 3 is 2.86 bits per heavy atom. The maximum atomic E-state index is 8.53. The van der Waals surface area contributed by atoms with Crippen LogP contribution in [-0.2, 0) is 0 Å². The number of hydrogen-bond donors (Lipinski definition) is 1. The third-order valence-electron chi connectivity index (χ3n) is 2.34. The zero-order valence-corrected chi connectivity index (χ0v) is 8.75. The Morgan fingerprint density at radius 2 is 2.29 bits per heavy atom. The van der Waals surface area contributed by atoms with Crippen molar-refractivity contribution in [1.82, 2.24) is 5.32 Å².